The van der Waals surface area contributed by atoms with E-state index in [1.165, 1.54) is 30.3 Å². The average Bonchev–Trinajstić information content (AvgIpc) is 2.90. The number of imide groups is 1. The molecular weight excluding hydrogens is 375 g/mol. The van der Waals surface area contributed by atoms with Crippen molar-refractivity contribution < 1.29 is 27.2 Å². The van der Waals surface area contributed by atoms with Crippen LogP contribution in [0.1, 0.15) is 33.6 Å². The van der Waals surface area contributed by atoms with E-state index in [1.807, 2.05) is 0 Å². The molecule has 0 saturated heterocycles. The third-order valence-electron chi connectivity index (χ3n) is 4.03. The lowest BCUT2D eigenvalue weighted by atomic mass is 10.1. The fraction of sp³-hybridized carbons (Fsp3) is 0.167. The van der Waals surface area contributed by atoms with Crippen LogP contribution < -0.4 is 10.6 Å². The lowest BCUT2D eigenvalue weighted by Crippen LogP contribution is -2.21. The van der Waals surface area contributed by atoms with Crippen LogP contribution in [0.25, 0.3) is 0 Å². The van der Waals surface area contributed by atoms with Crippen molar-refractivity contribution in [3.8, 4) is 0 Å². The van der Waals surface area contributed by atoms with Crippen LogP contribution >= 0.6 is 0 Å². The molecule has 7 nitrogen and oxygen atoms in total. The number of fused-ring (bicyclic) bond motifs is 1. The SMILES string of the molecule is O=C(CCCS(=O)(=O)c1ccc(F)cc1)Nc1cccc2c1C(=O)NC2=O. The van der Waals surface area contributed by atoms with Crippen LogP contribution in [0.15, 0.2) is 47.4 Å². The van der Waals surface area contributed by atoms with Crippen LogP contribution in [-0.2, 0) is 14.6 Å². The van der Waals surface area contributed by atoms with Gasteiger partial charge in [-0.2, -0.15) is 0 Å². The summed E-state index contributed by atoms with van der Waals surface area (Å²) in [5, 5.41) is 4.68. The van der Waals surface area contributed by atoms with E-state index in [2.05, 4.69) is 10.6 Å². The van der Waals surface area contributed by atoms with Gasteiger partial charge in [-0.15, -0.1) is 0 Å². The van der Waals surface area contributed by atoms with E-state index in [0.717, 1.165) is 12.1 Å². The van der Waals surface area contributed by atoms with Crippen molar-refractivity contribution >= 4 is 33.2 Å². The van der Waals surface area contributed by atoms with Crippen LogP contribution in [0.5, 0.6) is 0 Å². The summed E-state index contributed by atoms with van der Waals surface area (Å²) in [6.45, 7) is 0. The Morgan fingerprint density at radius 3 is 2.44 bits per heavy atom. The molecule has 0 fully saturated rings. The van der Waals surface area contributed by atoms with Gasteiger partial charge < -0.3 is 5.32 Å². The van der Waals surface area contributed by atoms with E-state index in [4.69, 9.17) is 0 Å². The number of carbonyl (C=O) groups excluding carboxylic acids is 3. The molecule has 0 radical (unpaired) electrons. The minimum Gasteiger partial charge on any atom is -0.325 e. The molecule has 3 rings (SSSR count). The van der Waals surface area contributed by atoms with E-state index >= 15 is 0 Å². The Hall–Kier alpha value is -3.07. The number of hydrogen-bond donors (Lipinski definition) is 2. The topological polar surface area (TPSA) is 109 Å². The highest BCUT2D eigenvalue weighted by atomic mass is 32.2. The average molecular weight is 390 g/mol. The molecule has 2 aromatic rings. The summed E-state index contributed by atoms with van der Waals surface area (Å²) < 4.78 is 37.2. The Bertz CT molecular complexity index is 1030. The summed E-state index contributed by atoms with van der Waals surface area (Å²) in [5.41, 5.74) is 0.466. The van der Waals surface area contributed by atoms with Gasteiger partial charge in [-0.25, -0.2) is 12.8 Å². The number of sulfone groups is 1. The molecule has 0 spiro atoms. The molecule has 3 amide bonds. The first-order valence-electron chi connectivity index (χ1n) is 8.05. The molecule has 1 aliphatic heterocycles. The number of hydrogen-bond acceptors (Lipinski definition) is 5. The van der Waals surface area contributed by atoms with E-state index in [-0.39, 0.29) is 40.3 Å². The molecule has 0 unspecified atom stereocenters. The Morgan fingerprint density at radius 1 is 1.04 bits per heavy atom. The van der Waals surface area contributed by atoms with Gasteiger partial charge in [0.1, 0.15) is 5.82 Å². The summed E-state index contributed by atoms with van der Waals surface area (Å²) >= 11 is 0. The van der Waals surface area contributed by atoms with Crippen LogP contribution in [-0.4, -0.2) is 31.9 Å². The predicted molar refractivity (Wildman–Crippen MR) is 94.6 cm³/mol. The molecule has 2 N–H and O–H groups in total. The summed E-state index contributed by atoms with van der Waals surface area (Å²) in [6.07, 6.45) is -0.0502. The van der Waals surface area contributed by atoms with Gasteiger partial charge >= 0.3 is 0 Å². The summed E-state index contributed by atoms with van der Waals surface area (Å²) in [6, 6.07) is 8.96. The smallest absolute Gasteiger partial charge is 0.261 e. The Labute approximate surface area is 154 Å². The molecule has 9 heteroatoms. The first kappa shape index (κ1) is 18.7. The third-order valence-corrected chi connectivity index (χ3v) is 5.84. The molecule has 0 aliphatic carbocycles. The zero-order valence-electron chi connectivity index (χ0n) is 14.0. The maximum absolute atomic E-state index is 12.9. The van der Waals surface area contributed by atoms with Crippen molar-refractivity contribution in [3.05, 3.63) is 59.4 Å². The highest BCUT2D eigenvalue weighted by Crippen LogP contribution is 2.24. The maximum Gasteiger partial charge on any atom is 0.261 e. The lowest BCUT2D eigenvalue weighted by Gasteiger charge is -2.08. The highest BCUT2D eigenvalue weighted by molar-refractivity contribution is 7.91. The van der Waals surface area contributed by atoms with E-state index in [9.17, 15) is 27.2 Å². The molecule has 0 aromatic heterocycles. The fourth-order valence-electron chi connectivity index (χ4n) is 2.72. The van der Waals surface area contributed by atoms with E-state index in [1.54, 1.807) is 0 Å². The van der Waals surface area contributed by atoms with Crippen LogP contribution in [0, 0.1) is 5.82 Å². The Kier molecular flexibility index (Phi) is 5.04. The molecule has 1 heterocycles. The van der Waals surface area contributed by atoms with E-state index < -0.39 is 33.4 Å². The second kappa shape index (κ2) is 7.28. The summed E-state index contributed by atoms with van der Waals surface area (Å²) in [4.78, 5) is 35.5. The zero-order valence-corrected chi connectivity index (χ0v) is 14.8. The van der Waals surface area contributed by atoms with Crippen molar-refractivity contribution in [3.63, 3.8) is 0 Å². The number of nitrogens with one attached hydrogen (secondary N) is 2. The second-order valence-electron chi connectivity index (χ2n) is 5.94. The van der Waals surface area contributed by atoms with Crippen molar-refractivity contribution in [1.82, 2.24) is 5.32 Å². The first-order valence-corrected chi connectivity index (χ1v) is 9.70. The van der Waals surface area contributed by atoms with Crippen LogP contribution in [0.3, 0.4) is 0 Å². The van der Waals surface area contributed by atoms with Crippen molar-refractivity contribution in [2.75, 3.05) is 11.1 Å². The number of carbonyl (C=O) groups is 3. The van der Waals surface area contributed by atoms with Gasteiger partial charge in [0, 0.05) is 6.42 Å². The number of rotatable bonds is 6. The molecule has 0 bridgehead atoms. The number of amides is 3. The van der Waals surface area contributed by atoms with Gasteiger partial charge in [-0.1, -0.05) is 6.07 Å². The largest absolute Gasteiger partial charge is 0.325 e. The molecule has 27 heavy (non-hydrogen) atoms. The minimum atomic E-state index is -3.63. The zero-order chi connectivity index (χ0) is 19.6. The van der Waals surface area contributed by atoms with Crippen molar-refractivity contribution in [2.45, 2.75) is 17.7 Å². The normalized spacial score (nSPS) is 13.2. The second-order valence-corrected chi connectivity index (χ2v) is 8.05. The predicted octanol–water partition coefficient (Wildman–Crippen LogP) is 1.90. The third kappa shape index (κ3) is 4.03. The first-order chi connectivity index (χ1) is 12.8. The standard InChI is InChI=1S/C18H15FN2O5S/c19-11-6-8-12(9-7-11)27(25,26)10-2-5-15(22)20-14-4-1-3-13-16(14)18(24)21-17(13)23/h1,3-4,6-9H,2,5,10H2,(H,20,22)(H,21,23,24). The Morgan fingerprint density at radius 2 is 1.74 bits per heavy atom. The lowest BCUT2D eigenvalue weighted by molar-refractivity contribution is -0.116. The van der Waals surface area contributed by atoms with Crippen LogP contribution in [0.4, 0.5) is 10.1 Å². The number of anilines is 1. The van der Waals surface area contributed by atoms with Gasteiger partial charge in [0.15, 0.2) is 9.84 Å². The fourth-order valence-corrected chi connectivity index (χ4v) is 4.03. The van der Waals surface area contributed by atoms with E-state index in [0.29, 0.717) is 0 Å². The van der Waals surface area contributed by atoms with Gasteiger partial charge in [0.25, 0.3) is 11.8 Å². The Balaban J connectivity index is 1.61. The van der Waals surface area contributed by atoms with Gasteiger partial charge in [-0.3, -0.25) is 19.7 Å². The quantitative estimate of drug-likeness (QED) is 0.578. The minimum absolute atomic E-state index is 0.0135. The van der Waals surface area contributed by atoms with Gasteiger partial charge in [-0.05, 0) is 42.8 Å². The molecule has 0 atom stereocenters. The molecule has 2 aromatic carbocycles. The van der Waals surface area contributed by atoms with Crippen molar-refractivity contribution in [2.24, 2.45) is 0 Å². The summed E-state index contributed by atoms with van der Waals surface area (Å²) in [5.74, 6) is -2.42. The molecule has 140 valence electrons. The maximum atomic E-state index is 12.9. The monoisotopic (exact) mass is 390 g/mol. The van der Waals surface area contributed by atoms with Crippen LogP contribution in [0.2, 0.25) is 0 Å². The highest BCUT2D eigenvalue weighted by Gasteiger charge is 2.29. The molecule has 0 saturated carbocycles. The summed E-state index contributed by atoms with van der Waals surface area (Å²) in [7, 11) is -3.63. The molecular formula is C18H15FN2O5S. The molecule has 1 aliphatic rings. The number of benzene rings is 2. The van der Waals surface area contributed by atoms with Gasteiger partial charge in [0.2, 0.25) is 5.91 Å². The number of halogens is 1. The van der Waals surface area contributed by atoms with Crippen molar-refractivity contribution in [1.29, 1.82) is 0 Å². The van der Waals surface area contributed by atoms with Gasteiger partial charge in [0.05, 0.1) is 27.5 Å².